The van der Waals surface area contributed by atoms with Gasteiger partial charge in [-0.15, -0.1) is 0 Å². The summed E-state index contributed by atoms with van der Waals surface area (Å²) in [4.78, 5) is 8.30. The van der Waals surface area contributed by atoms with Crippen LogP contribution >= 0.6 is 0 Å². The van der Waals surface area contributed by atoms with Crippen molar-refractivity contribution in [1.82, 2.24) is 9.97 Å². The maximum Gasteiger partial charge on any atom is 0.222 e. The van der Waals surface area contributed by atoms with Gasteiger partial charge in [-0.25, -0.2) is 4.98 Å². The van der Waals surface area contributed by atoms with Gasteiger partial charge in [0.1, 0.15) is 11.6 Å². The van der Waals surface area contributed by atoms with Crippen molar-refractivity contribution in [2.75, 3.05) is 18.6 Å². The molecule has 0 saturated carbocycles. The number of nitrogens with zero attached hydrogens (tertiary/aromatic N) is 2. The summed E-state index contributed by atoms with van der Waals surface area (Å²) in [7, 11) is 1.61. The first-order chi connectivity index (χ1) is 10.6. The first-order valence-electron chi connectivity index (χ1n) is 7.05. The van der Waals surface area contributed by atoms with Crippen molar-refractivity contribution in [3.8, 4) is 5.75 Å². The zero-order valence-electron chi connectivity index (χ0n) is 12.6. The Morgan fingerprint density at radius 2 is 1.73 bits per heavy atom. The standard InChI is InChI=1S/C17H18N4O/c1-10(11-6-4-3-5-7-11)12-8-13-15(14(9-12)22-2)16(18)21-17(19)20-13/h3-10H,1-2H3,(H4,18,19,20,21). The van der Waals surface area contributed by atoms with Crippen LogP contribution in [0.1, 0.15) is 24.0 Å². The van der Waals surface area contributed by atoms with Crippen molar-refractivity contribution in [3.63, 3.8) is 0 Å². The van der Waals surface area contributed by atoms with Gasteiger partial charge >= 0.3 is 0 Å². The highest BCUT2D eigenvalue weighted by atomic mass is 16.5. The molecule has 1 atom stereocenters. The van der Waals surface area contributed by atoms with Gasteiger partial charge in [0, 0.05) is 5.92 Å². The van der Waals surface area contributed by atoms with Crippen LogP contribution in [0.4, 0.5) is 11.8 Å². The summed E-state index contributed by atoms with van der Waals surface area (Å²) < 4.78 is 5.47. The number of aromatic nitrogens is 2. The average Bonchev–Trinajstić information content (AvgIpc) is 2.53. The molecule has 22 heavy (non-hydrogen) atoms. The van der Waals surface area contributed by atoms with Gasteiger partial charge < -0.3 is 16.2 Å². The molecule has 0 radical (unpaired) electrons. The second-order valence-electron chi connectivity index (χ2n) is 5.22. The molecule has 0 aliphatic heterocycles. The van der Waals surface area contributed by atoms with E-state index in [0.29, 0.717) is 22.5 Å². The molecule has 0 aliphatic rings. The summed E-state index contributed by atoms with van der Waals surface area (Å²) in [5.41, 5.74) is 14.7. The van der Waals surface area contributed by atoms with E-state index in [1.807, 2.05) is 30.3 Å². The van der Waals surface area contributed by atoms with Crippen LogP contribution in [0.25, 0.3) is 10.9 Å². The Labute approximate surface area is 128 Å². The third-order valence-electron chi connectivity index (χ3n) is 3.85. The topological polar surface area (TPSA) is 87.0 Å². The quantitative estimate of drug-likeness (QED) is 0.775. The molecule has 0 amide bonds. The molecule has 5 heteroatoms. The van der Waals surface area contributed by atoms with E-state index in [-0.39, 0.29) is 11.9 Å². The Morgan fingerprint density at radius 3 is 2.41 bits per heavy atom. The second kappa shape index (κ2) is 5.52. The lowest BCUT2D eigenvalue weighted by atomic mass is 9.92. The van der Waals surface area contributed by atoms with Gasteiger partial charge in [-0.05, 0) is 23.3 Å². The van der Waals surface area contributed by atoms with Crippen LogP contribution in [-0.2, 0) is 0 Å². The number of anilines is 2. The van der Waals surface area contributed by atoms with E-state index in [1.54, 1.807) is 7.11 Å². The number of hydrogen-bond acceptors (Lipinski definition) is 5. The predicted molar refractivity (Wildman–Crippen MR) is 88.9 cm³/mol. The Bertz CT molecular complexity index is 818. The lowest BCUT2D eigenvalue weighted by Gasteiger charge is -2.16. The maximum atomic E-state index is 5.96. The van der Waals surface area contributed by atoms with Crippen molar-refractivity contribution in [1.29, 1.82) is 0 Å². The smallest absolute Gasteiger partial charge is 0.222 e. The molecule has 0 spiro atoms. The highest BCUT2D eigenvalue weighted by Crippen LogP contribution is 2.35. The lowest BCUT2D eigenvalue weighted by molar-refractivity contribution is 0.419. The number of ether oxygens (including phenoxy) is 1. The molecule has 0 aliphatic carbocycles. The lowest BCUT2D eigenvalue weighted by Crippen LogP contribution is -2.04. The summed E-state index contributed by atoms with van der Waals surface area (Å²) in [5, 5.41) is 0.695. The number of methoxy groups -OCH3 is 1. The molecular weight excluding hydrogens is 276 g/mol. The number of rotatable bonds is 3. The highest BCUT2D eigenvalue weighted by molar-refractivity contribution is 5.95. The Kier molecular flexibility index (Phi) is 3.55. The molecule has 1 aromatic heterocycles. The van der Waals surface area contributed by atoms with Gasteiger partial charge in [-0.2, -0.15) is 4.98 Å². The van der Waals surface area contributed by atoms with E-state index >= 15 is 0 Å². The van der Waals surface area contributed by atoms with Crippen LogP contribution in [0, 0.1) is 0 Å². The van der Waals surface area contributed by atoms with Crippen LogP contribution in [0.2, 0.25) is 0 Å². The van der Waals surface area contributed by atoms with E-state index in [0.717, 1.165) is 5.56 Å². The first kappa shape index (κ1) is 14.1. The molecule has 3 rings (SSSR count). The number of nitrogens with two attached hydrogens (primary N) is 2. The summed E-state index contributed by atoms with van der Waals surface area (Å²) in [6, 6.07) is 14.2. The summed E-state index contributed by atoms with van der Waals surface area (Å²) >= 11 is 0. The fourth-order valence-electron chi connectivity index (χ4n) is 2.64. The van der Waals surface area contributed by atoms with E-state index in [1.165, 1.54) is 5.56 Å². The van der Waals surface area contributed by atoms with Crippen molar-refractivity contribution in [2.24, 2.45) is 0 Å². The zero-order valence-corrected chi connectivity index (χ0v) is 12.6. The first-order valence-corrected chi connectivity index (χ1v) is 7.05. The van der Waals surface area contributed by atoms with Gasteiger partial charge in [0.2, 0.25) is 5.95 Å². The molecule has 2 aromatic carbocycles. The van der Waals surface area contributed by atoms with Crippen molar-refractivity contribution >= 4 is 22.7 Å². The van der Waals surface area contributed by atoms with Crippen LogP contribution in [0.5, 0.6) is 5.75 Å². The van der Waals surface area contributed by atoms with Gasteiger partial charge in [0.25, 0.3) is 0 Å². The minimum atomic E-state index is 0.163. The molecule has 4 N–H and O–H groups in total. The molecule has 0 bridgehead atoms. The van der Waals surface area contributed by atoms with Gasteiger partial charge in [0.15, 0.2) is 0 Å². The average molecular weight is 294 g/mol. The van der Waals surface area contributed by atoms with E-state index in [4.69, 9.17) is 16.2 Å². The van der Waals surface area contributed by atoms with Gasteiger partial charge in [-0.3, -0.25) is 0 Å². The van der Waals surface area contributed by atoms with Crippen LogP contribution in [0.3, 0.4) is 0 Å². The second-order valence-corrected chi connectivity index (χ2v) is 5.22. The van der Waals surface area contributed by atoms with E-state index < -0.39 is 0 Å². The van der Waals surface area contributed by atoms with Gasteiger partial charge in [-0.1, -0.05) is 37.3 Å². The molecule has 1 unspecified atom stereocenters. The van der Waals surface area contributed by atoms with Crippen LogP contribution in [-0.4, -0.2) is 17.1 Å². The van der Waals surface area contributed by atoms with Crippen molar-refractivity contribution in [3.05, 3.63) is 53.6 Å². The molecule has 5 nitrogen and oxygen atoms in total. The molecule has 3 aromatic rings. The minimum absolute atomic E-state index is 0.163. The molecule has 0 saturated heterocycles. The number of fused-ring (bicyclic) bond motifs is 1. The third kappa shape index (κ3) is 2.41. The van der Waals surface area contributed by atoms with E-state index in [9.17, 15) is 0 Å². The minimum Gasteiger partial charge on any atom is -0.496 e. The van der Waals surface area contributed by atoms with E-state index in [2.05, 4.69) is 29.0 Å². The third-order valence-corrected chi connectivity index (χ3v) is 3.85. The Morgan fingerprint density at radius 1 is 1.00 bits per heavy atom. The summed E-state index contributed by atoms with van der Waals surface area (Å²) in [5.74, 6) is 1.36. The Hall–Kier alpha value is -2.82. The number of benzene rings is 2. The molecule has 0 fully saturated rings. The fraction of sp³-hybridized carbons (Fsp3) is 0.176. The monoisotopic (exact) mass is 294 g/mol. The van der Waals surface area contributed by atoms with Crippen molar-refractivity contribution < 1.29 is 4.74 Å². The fourth-order valence-corrected chi connectivity index (χ4v) is 2.64. The largest absolute Gasteiger partial charge is 0.496 e. The number of hydrogen-bond donors (Lipinski definition) is 2. The molecular formula is C17H18N4O. The van der Waals surface area contributed by atoms with Gasteiger partial charge in [0.05, 0.1) is 18.0 Å². The Balaban J connectivity index is 2.19. The highest BCUT2D eigenvalue weighted by Gasteiger charge is 2.15. The SMILES string of the molecule is COc1cc(C(C)c2ccccc2)cc2nc(N)nc(N)c12. The maximum absolute atomic E-state index is 5.96. The summed E-state index contributed by atoms with van der Waals surface area (Å²) in [6.07, 6.45) is 0. The van der Waals surface area contributed by atoms with Crippen LogP contribution in [0.15, 0.2) is 42.5 Å². The normalized spacial score (nSPS) is 12.3. The molecule has 1 heterocycles. The van der Waals surface area contributed by atoms with Crippen molar-refractivity contribution in [2.45, 2.75) is 12.8 Å². The predicted octanol–water partition coefficient (Wildman–Crippen LogP) is 2.95. The molecule has 112 valence electrons. The zero-order chi connectivity index (χ0) is 15.7. The van der Waals surface area contributed by atoms with Crippen LogP contribution < -0.4 is 16.2 Å². The summed E-state index contributed by atoms with van der Waals surface area (Å²) in [6.45, 7) is 2.14. The number of nitrogen functional groups attached to an aromatic ring is 2.